The van der Waals surface area contributed by atoms with Gasteiger partial charge in [0.1, 0.15) is 0 Å². The van der Waals surface area contributed by atoms with E-state index in [9.17, 15) is 0 Å². The topological polar surface area (TPSA) is 0 Å². The van der Waals surface area contributed by atoms with Crippen LogP contribution in [0.25, 0.3) is 0 Å². The molecule has 0 aromatic carbocycles. The van der Waals surface area contributed by atoms with Crippen LogP contribution in [-0.2, 0) is 23.6 Å². The quantitative estimate of drug-likeness (QED) is 0.394. The molecule has 142 valence electrons. The third-order valence-corrected chi connectivity index (χ3v) is 22.7. The van der Waals surface area contributed by atoms with Crippen molar-refractivity contribution in [3.05, 3.63) is 43.5 Å². The third-order valence-electron chi connectivity index (χ3n) is 9.56. The maximum absolute atomic E-state index is 6.62. The summed E-state index contributed by atoms with van der Waals surface area (Å²) in [6, 6.07) is -3.47. The van der Waals surface area contributed by atoms with E-state index >= 15 is 0 Å². The van der Waals surface area contributed by atoms with Gasteiger partial charge in [-0.1, -0.05) is 73.6 Å². The van der Waals surface area contributed by atoms with Crippen molar-refractivity contribution in [2.45, 2.75) is 80.6 Å². The van der Waals surface area contributed by atoms with Crippen LogP contribution in [-0.4, -0.2) is 11.3 Å². The Balaban J connectivity index is 2.09. The van der Waals surface area contributed by atoms with Crippen LogP contribution in [0.15, 0.2) is 43.5 Å². The lowest BCUT2D eigenvalue weighted by molar-refractivity contribution is 0.485. The summed E-state index contributed by atoms with van der Waals surface area (Å²) in [4.78, 5) is 0. The fourth-order valence-electron chi connectivity index (χ4n) is 6.76. The molecule has 4 heteroatoms. The van der Waals surface area contributed by atoms with Gasteiger partial charge in [0.2, 0.25) is 0 Å². The summed E-state index contributed by atoms with van der Waals surface area (Å²) in [5.74, 6) is 0. The molecule has 4 aliphatic heterocycles. The van der Waals surface area contributed by atoms with Crippen molar-refractivity contribution in [1.29, 1.82) is 0 Å². The van der Waals surface area contributed by atoms with Crippen LogP contribution >= 0.6 is 12.1 Å². The monoisotopic (exact) mass is 422 g/mol. The highest BCUT2D eigenvalue weighted by Crippen LogP contribution is 2.92. The van der Waals surface area contributed by atoms with Gasteiger partial charge in [0, 0.05) is 34.2 Å². The first-order valence-corrected chi connectivity index (χ1v) is 15.5. The van der Waals surface area contributed by atoms with Crippen LogP contribution < -0.4 is 0 Å². The Morgan fingerprint density at radius 1 is 0.615 bits per heavy atom. The van der Waals surface area contributed by atoms with Crippen molar-refractivity contribution in [1.82, 2.24) is 0 Å². The van der Waals surface area contributed by atoms with Crippen molar-refractivity contribution < 1.29 is 0 Å². The molecular formula is C22H32P2S2. The predicted molar refractivity (Wildman–Crippen MR) is 126 cm³/mol. The van der Waals surface area contributed by atoms with Crippen LogP contribution in [0.1, 0.15) is 69.2 Å². The molecular weight excluding hydrogens is 390 g/mol. The molecule has 0 N–H and O–H groups in total. The Labute approximate surface area is 170 Å². The van der Waals surface area contributed by atoms with Gasteiger partial charge in [-0.3, -0.25) is 0 Å². The molecule has 6 atom stereocenters. The molecule has 0 fully saturated rings. The summed E-state index contributed by atoms with van der Waals surface area (Å²) in [5, 5.41) is 6.22. The second kappa shape index (κ2) is 5.05. The van der Waals surface area contributed by atoms with Gasteiger partial charge in [-0.25, -0.2) is 0 Å². The van der Waals surface area contributed by atoms with Crippen molar-refractivity contribution in [2.24, 2.45) is 10.8 Å². The fraction of sp³-hybridized carbons (Fsp3) is 0.636. The number of fused-ring (bicyclic) bond motifs is 4. The van der Waals surface area contributed by atoms with Gasteiger partial charge >= 0.3 is 0 Å². The molecule has 0 spiro atoms. The van der Waals surface area contributed by atoms with E-state index in [4.69, 9.17) is 23.6 Å². The Hall–Kier alpha value is 0.260. The summed E-state index contributed by atoms with van der Waals surface area (Å²) >= 11 is 13.2. The van der Waals surface area contributed by atoms with E-state index in [-0.39, 0.29) is 10.8 Å². The van der Waals surface area contributed by atoms with Crippen LogP contribution in [0.5, 0.6) is 0 Å². The molecule has 0 nitrogen and oxygen atoms in total. The molecule has 4 heterocycles. The maximum Gasteiger partial charge on any atom is 0.0181 e. The molecule has 4 rings (SSSR count). The lowest BCUT2D eigenvalue weighted by Gasteiger charge is -2.34. The summed E-state index contributed by atoms with van der Waals surface area (Å²) < 4.78 is 0. The van der Waals surface area contributed by atoms with Gasteiger partial charge in [-0.15, -0.1) is 0 Å². The Kier molecular flexibility index (Phi) is 3.80. The summed E-state index contributed by atoms with van der Waals surface area (Å²) in [6.45, 7) is 23.8. The van der Waals surface area contributed by atoms with Gasteiger partial charge in [-0.05, 0) is 62.8 Å². The number of hydrogen-bond donors (Lipinski definition) is 0. The zero-order chi connectivity index (χ0) is 19.8. The van der Waals surface area contributed by atoms with Crippen LogP contribution in [0.2, 0.25) is 0 Å². The molecule has 0 aliphatic carbocycles. The minimum absolute atomic E-state index is 0.149. The zero-order valence-electron chi connectivity index (χ0n) is 17.9. The van der Waals surface area contributed by atoms with E-state index in [1.807, 2.05) is 0 Å². The lowest BCUT2D eigenvalue weighted by atomic mass is 9.72. The highest BCUT2D eigenvalue weighted by molar-refractivity contribution is 8.22. The van der Waals surface area contributed by atoms with Gasteiger partial charge in [0.05, 0.1) is 0 Å². The molecule has 0 radical (unpaired) electrons. The van der Waals surface area contributed by atoms with Crippen molar-refractivity contribution in [3.63, 3.8) is 0 Å². The molecule has 0 saturated carbocycles. The summed E-state index contributed by atoms with van der Waals surface area (Å²) in [7, 11) is 0. The van der Waals surface area contributed by atoms with Crippen molar-refractivity contribution in [2.75, 3.05) is 0 Å². The average molecular weight is 423 g/mol. The largest absolute Gasteiger partial charge is 0.0876 e. The minimum Gasteiger partial charge on any atom is -0.0876 e. The summed E-state index contributed by atoms with van der Waals surface area (Å²) in [6.07, 6.45) is 0. The first-order valence-electron chi connectivity index (χ1n) is 9.76. The Morgan fingerprint density at radius 3 is 1.12 bits per heavy atom. The van der Waals surface area contributed by atoms with Crippen molar-refractivity contribution >= 4 is 35.7 Å². The number of hydrogen-bond acceptors (Lipinski definition) is 2. The van der Waals surface area contributed by atoms with E-state index in [0.29, 0.717) is 11.3 Å². The van der Waals surface area contributed by atoms with E-state index in [0.717, 1.165) is 0 Å². The average Bonchev–Trinajstić information content (AvgIpc) is 2.97. The molecule has 4 aliphatic rings. The van der Waals surface area contributed by atoms with Crippen molar-refractivity contribution in [3.8, 4) is 0 Å². The minimum atomic E-state index is -1.74. The third kappa shape index (κ3) is 1.54. The van der Waals surface area contributed by atoms with Crippen LogP contribution in [0, 0.1) is 10.8 Å². The first kappa shape index (κ1) is 19.6. The number of allylic oxidation sites excluding steroid dienone is 8. The van der Waals surface area contributed by atoms with Gasteiger partial charge in [0.25, 0.3) is 0 Å². The predicted octanol–water partition coefficient (Wildman–Crippen LogP) is 7.93. The second-order valence-corrected chi connectivity index (χ2v) is 19.3. The smallest absolute Gasteiger partial charge is 0.0181 e. The lowest BCUT2D eigenvalue weighted by Crippen LogP contribution is -2.24. The normalized spacial score (nSPS) is 50.2. The molecule has 26 heavy (non-hydrogen) atoms. The molecule has 0 saturated heterocycles. The van der Waals surface area contributed by atoms with Crippen LogP contribution in [0.4, 0.5) is 0 Å². The van der Waals surface area contributed by atoms with Gasteiger partial charge < -0.3 is 0 Å². The van der Waals surface area contributed by atoms with Gasteiger partial charge in [0.15, 0.2) is 0 Å². The zero-order valence-corrected chi connectivity index (χ0v) is 21.3. The van der Waals surface area contributed by atoms with Gasteiger partial charge in [-0.2, -0.15) is 0 Å². The van der Waals surface area contributed by atoms with E-state index < -0.39 is 12.1 Å². The van der Waals surface area contributed by atoms with E-state index in [1.54, 1.807) is 32.9 Å². The van der Waals surface area contributed by atoms with Crippen LogP contribution in [0.3, 0.4) is 0 Å². The van der Waals surface area contributed by atoms with E-state index in [2.05, 4.69) is 69.2 Å². The highest BCUT2D eigenvalue weighted by Gasteiger charge is 2.65. The second-order valence-electron chi connectivity index (χ2n) is 9.44. The molecule has 0 aromatic heterocycles. The maximum atomic E-state index is 6.62. The summed E-state index contributed by atoms with van der Waals surface area (Å²) in [5.41, 5.74) is 7.62. The molecule has 0 amide bonds. The fourth-order valence-corrected chi connectivity index (χ4v) is 20.3. The molecule has 4 bridgehead atoms. The highest BCUT2D eigenvalue weighted by atomic mass is 32.4. The Morgan fingerprint density at radius 2 is 0.885 bits per heavy atom. The standard InChI is InChI=1S/C22H32P2S2/c1-11-15(5)23(25)17(7)21(11,9)13(3)19(23)20-14(4)22(10)12(2)16(6)24(20,26)18(22)8/h17-18H,1-10H3/t17?,18?,21-,22-,23+,24+/m1/s1. The molecule has 2 unspecified atom stereocenters. The number of rotatable bonds is 1. The first-order chi connectivity index (χ1) is 11.7. The molecule has 0 aromatic rings. The Bertz CT molecular complexity index is 937. The SMILES string of the molecule is CC1=C(C)[P@@]2(=S)C(C3=C(C)[C@@]4(C)C(C)=C(C)[P@]3(=S)C4C)=C(C)[C@]1(C)C2C. The van der Waals surface area contributed by atoms with E-state index in [1.165, 1.54) is 10.6 Å².